The van der Waals surface area contributed by atoms with Gasteiger partial charge in [0.1, 0.15) is 0 Å². The van der Waals surface area contributed by atoms with Crippen LogP contribution in [0, 0.1) is 6.92 Å². The highest BCUT2D eigenvalue weighted by atomic mass is 16.5. The number of hydrogen-bond acceptors (Lipinski definition) is 2. The largest absolute Gasteiger partial charge is 0.477 e. The first-order chi connectivity index (χ1) is 6.83. The molecule has 80 valence electrons. The Morgan fingerprint density at radius 1 is 1.43 bits per heavy atom. The Labute approximate surface area is 86.1 Å². The lowest BCUT2D eigenvalue weighted by Gasteiger charge is -1.98. The molecule has 0 bridgehead atoms. The molecule has 0 fully saturated rings. The summed E-state index contributed by atoms with van der Waals surface area (Å²) in [5.41, 5.74) is 2.59. The molecule has 2 heterocycles. The molecular weight excluding hydrogens is 176 g/mol. The van der Waals surface area contributed by atoms with Gasteiger partial charge >= 0.3 is 0 Å². The zero-order valence-corrected chi connectivity index (χ0v) is 9.63. The summed E-state index contributed by atoms with van der Waals surface area (Å²) in [6.45, 7) is 9.85. The van der Waals surface area contributed by atoms with Crippen molar-refractivity contribution in [2.24, 2.45) is 0 Å². The van der Waals surface area contributed by atoms with E-state index in [0.29, 0.717) is 6.61 Å². The van der Waals surface area contributed by atoms with Gasteiger partial charge in [-0.1, -0.05) is 13.8 Å². The first kappa shape index (κ1) is 11.1. The molecule has 1 aromatic rings. The number of aromatic nitrogens is 2. The maximum atomic E-state index is 5.40. The van der Waals surface area contributed by atoms with Crippen molar-refractivity contribution in [2.45, 2.75) is 47.1 Å². The van der Waals surface area contributed by atoms with E-state index in [-0.39, 0.29) is 0 Å². The van der Waals surface area contributed by atoms with Crippen molar-refractivity contribution in [1.29, 1.82) is 0 Å². The fourth-order valence-electron chi connectivity index (χ4n) is 1.73. The fraction of sp³-hybridized carbons (Fsp3) is 0.727. The standard InChI is InChI=1S/C9H14N2O.C2H6/c1-3-12-9-7(2)8-5-4-6-11(8)10-9;1-2/h3-6H2,1-2H3;1-2H3. The van der Waals surface area contributed by atoms with Crippen LogP contribution in [-0.4, -0.2) is 16.4 Å². The first-order valence-electron chi connectivity index (χ1n) is 5.52. The van der Waals surface area contributed by atoms with E-state index < -0.39 is 0 Å². The van der Waals surface area contributed by atoms with Crippen molar-refractivity contribution in [3.8, 4) is 5.88 Å². The van der Waals surface area contributed by atoms with Gasteiger partial charge in [0.25, 0.3) is 0 Å². The van der Waals surface area contributed by atoms with Crippen LogP contribution in [0.3, 0.4) is 0 Å². The monoisotopic (exact) mass is 196 g/mol. The van der Waals surface area contributed by atoms with Crippen molar-refractivity contribution in [3.05, 3.63) is 11.3 Å². The third kappa shape index (κ3) is 1.91. The maximum absolute atomic E-state index is 5.40. The van der Waals surface area contributed by atoms with Crippen LogP contribution < -0.4 is 4.74 Å². The van der Waals surface area contributed by atoms with Gasteiger partial charge in [-0.05, 0) is 26.7 Å². The molecule has 0 saturated heterocycles. The second-order valence-corrected chi connectivity index (χ2v) is 3.14. The Bertz CT molecular complexity index is 292. The van der Waals surface area contributed by atoms with E-state index in [1.807, 2.05) is 20.8 Å². The summed E-state index contributed by atoms with van der Waals surface area (Å²) in [5, 5.41) is 4.37. The average molecular weight is 196 g/mol. The minimum Gasteiger partial charge on any atom is -0.477 e. The molecule has 0 N–H and O–H groups in total. The minimum atomic E-state index is 0.706. The van der Waals surface area contributed by atoms with E-state index in [1.54, 1.807) is 0 Å². The van der Waals surface area contributed by atoms with E-state index in [2.05, 4.69) is 16.7 Å². The topological polar surface area (TPSA) is 27.1 Å². The van der Waals surface area contributed by atoms with Crippen molar-refractivity contribution in [1.82, 2.24) is 9.78 Å². The third-order valence-electron chi connectivity index (χ3n) is 2.34. The van der Waals surface area contributed by atoms with Crippen LogP contribution in [0.15, 0.2) is 0 Å². The Kier molecular flexibility index (Phi) is 3.98. The number of nitrogens with zero attached hydrogens (tertiary/aromatic N) is 2. The van der Waals surface area contributed by atoms with Crippen molar-refractivity contribution in [2.75, 3.05) is 6.61 Å². The van der Waals surface area contributed by atoms with Gasteiger partial charge in [0.2, 0.25) is 5.88 Å². The Hall–Kier alpha value is -0.990. The average Bonchev–Trinajstić information content (AvgIpc) is 2.76. The van der Waals surface area contributed by atoms with Crippen molar-refractivity contribution in [3.63, 3.8) is 0 Å². The lowest BCUT2D eigenvalue weighted by molar-refractivity contribution is 0.319. The number of hydrogen-bond donors (Lipinski definition) is 0. The number of fused-ring (bicyclic) bond motifs is 1. The number of aryl methyl sites for hydroxylation is 1. The molecule has 0 saturated carbocycles. The minimum absolute atomic E-state index is 0.706. The molecule has 3 nitrogen and oxygen atoms in total. The zero-order chi connectivity index (χ0) is 10.6. The molecule has 0 atom stereocenters. The van der Waals surface area contributed by atoms with E-state index in [0.717, 1.165) is 18.8 Å². The lowest BCUT2D eigenvalue weighted by atomic mass is 10.2. The van der Waals surface area contributed by atoms with Crippen LogP contribution in [-0.2, 0) is 13.0 Å². The van der Waals surface area contributed by atoms with E-state index in [1.165, 1.54) is 17.7 Å². The SMILES string of the molecule is CC.CCOc1nn2c(c1C)CCC2. The van der Waals surface area contributed by atoms with E-state index in [9.17, 15) is 0 Å². The summed E-state index contributed by atoms with van der Waals surface area (Å²) in [6.07, 6.45) is 2.39. The van der Waals surface area contributed by atoms with Crippen LogP contribution in [0.4, 0.5) is 0 Å². The van der Waals surface area contributed by atoms with Crippen LogP contribution in [0.25, 0.3) is 0 Å². The van der Waals surface area contributed by atoms with E-state index in [4.69, 9.17) is 4.74 Å². The molecule has 2 rings (SSSR count). The summed E-state index contributed by atoms with van der Waals surface area (Å²) >= 11 is 0. The van der Waals surface area contributed by atoms with Gasteiger partial charge < -0.3 is 4.74 Å². The predicted octanol–water partition coefficient (Wildman–Crippen LogP) is 2.56. The van der Waals surface area contributed by atoms with Gasteiger partial charge in [0, 0.05) is 17.8 Å². The quantitative estimate of drug-likeness (QED) is 0.727. The van der Waals surface area contributed by atoms with Gasteiger partial charge in [-0.25, -0.2) is 0 Å². The predicted molar refractivity (Wildman–Crippen MR) is 57.8 cm³/mol. The maximum Gasteiger partial charge on any atom is 0.235 e. The highest BCUT2D eigenvalue weighted by Gasteiger charge is 2.18. The third-order valence-corrected chi connectivity index (χ3v) is 2.34. The lowest BCUT2D eigenvalue weighted by Crippen LogP contribution is -1.96. The summed E-state index contributed by atoms with van der Waals surface area (Å²) < 4.78 is 7.47. The summed E-state index contributed by atoms with van der Waals surface area (Å²) in [7, 11) is 0. The molecule has 1 aliphatic rings. The molecule has 3 heteroatoms. The van der Waals surface area contributed by atoms with Gasteiger partial charge in [-0.3, -0.25) is 4.68 Å². The Morgan fingerprint density at radius 3 is 2.71 bits per heavy atom. The van der Waals surface area contributed by atoms with E-state index >= 15 is 0 Å². The number of ether oxygens (including phenoxy) is 1. The summed E-state index contributed by atoms with van der Waals surface area (Å²) in [4.78, 5) is 0. The van der Waals surface area contributed by atoms with Gasteiger partial charge in [-0.2, -0.15) is 0 Å². The Balaban J connectivity index is 0.000000461. The van der Waals surface area contributed by atoms with Crippen LogP contribution >= 0.6 is 0 Å². The fourth-order valence-corrected chi connectivity index (χ4v) is 1.73. The molecular formula is C11H20N2O. The smallest absolute Gasteiger partial charge is 0.235 e. The second kappa shape index (κ2) is 5.03. The zero-order valence-electron chi connectivity index (χ0n) is 9.63. The molecule has 0 radical (unpaired) electrons. The molecule has 0 unspecified atom stereocenters. The molecule has 1 aromatic heterocycles. The summed E-state index contributed by atoms with van der Waals surface area (Å²) in [6, 6.07) is 0. The van der Waals surface area contributed by atoms with Gasteiger partial charge in [0.05, 0.1) is 6.61 Å². The molecule has 0 spiro atoms. The highest BCUT2D eigenvalue weighted by Crippen LogP contribution is 2.25. The first-order valence-corrected chi connectivity index (χ1v) is 5.52. The Morgan fingerprint density at radius 2 is 2.14 bits per heavy atom. The second-order valence-electron chi connectivity index (χ2n) is 3.14. The summed E-state index contributed by atoms with van der Waals surface area (Å²) in [5.74, 6) is 0.826. The van der Waals surface area contributed by atoms with Crippen LogP contribution in [0.1, 0.15) is 38.4 Å². The number of rotatable bonds is 2. The van der Waals surface area contributed by atoms with Crippen molar-refractivity contribution >= 4 is 0 Å². The van der Waals surface area contributed by atoms with Crippen molar-refractivity contribution < 1.29 is 4.74 Å². The van der Waals surface area contributed by atoms with Crippen LogP contribution in [0.2, 0.25) is 0 Å². The van der Waals surface area contributed by atoms with Crippen LogP contribution in [0.5, 0.6) is 5.88 Å². The molecule has 0 amide bonds. The normalized spacial score (nSPS) is 13.1. The highest BCUT2D eigenvalue weighted by molar-refractivity contribution is 5.31. The van der Waals surface area contributed by atoms with Gasteiger partial charge in [0.15, 0.2) is 0 Å². The molecule has 0 aromatic carbocycles. The molecule has 14 heavy (non-hydrogen) atoms. The molecule has 0 aliphatic carbocycles. The molecule has 1 aliphatic heterocycles. The van der Waals surface area contributed by atoms with Gasteiger partial charge in [-0.15, -0.1) is 5.10 Å².